The van der Waals surface area contributed by atoms with Gasteiger partial charge in [0.05, 0.1) is 26.0 Å². The van der Waals surface area contributed by atoms with Gasteiger partial charge in [0.25, 0.3) is 5.91 Å². The molecule has 5 rings (SSSR count). The van der Waals surface area contributed by atoms with Gasteiger partial charge in [0.15, 0.2) is 17.5 Å². The number of hydrogen-bond acceptors (Lipinski definition) is 6. The second-order valence-corrected chi connectivity index (χ2v) is 9.56. The molecule has 2 aromatic carbocycles. The summed E-state index contributed by atoms with van der Waals surface area (Å²) in [6.07, 6.45) is -2.80. The normalized spacial score (nSPS) is 21.2. The lowest BCUT2D eigenvalue weighted by Crippen LogP contribution is -2.45. The van der Waals surface area contributed by atoms with E-state index in [0.717, 1.165) is 30.6 Å². The fraction of sp³-hybridized carbons (Fsp3) is 0.407. The minimum atomic E-state index is -4.50. The Labute approximate surface area is 218 Å². The molecular formula is C27H30F3N5O3. The monoisotopic (exact) mass is 529 g/mol. The summed E-state index contributed by atoms with van der Waals surface area (Å²) in [6, 6.07) is 11.1. The zero-order valence-electron chi connectivity index (χ0n) is 21.1. The van der Waals surface area contributed by atoms with Gasteiger partial charge >= 0.3 is 6.18 Å². The van der Waals surface area contributed by atoms with E-state index in [1.807, 2.05) is 0 Å². The number of nitrogens with zero attached hydrogens (tertiary/aromatic N) is 2. The molecule has 1 fully saturated rings. The lowest BCUT2D eigenvalue weighted by atomic mass is 9.96. The number of carbonyl (C=O) groups is 1. The number of alkyl halides is 3. The number of halogens is 3. The molecule has 3 N–H and O–H groups in total. The van der Waals surface area contributed by atoms with Crippen LogP contribution in [0.3, 0.4) is 0 Å². The maximum Gasteiger partial charge on any atom is 0.410 e. The predicted octanol–water partition coefficient (Wildman–Crippen LogP) is 4.71. The molecule has 1 amide bonds. The number of hydrogen-bond donors (Lipinski definition) is 3. The molecule has 0 aliphatic carbocycles. The van der Waals surface area contributed by atoms with Crippen molar-refractivity contribution in [3.8, 4) is 22.8 Å². The SMILES string of the molecule is COc1ccc(C2CC(C(F)(F)F)n3nc(-c4ccc(C(=O)N[C@@H]5CCCNC5)cc4)cc3N2)cc1OC. The number of methoxy groups -OCH3 is 2. The predicted molar refractivity (Wildman–Crippen MR) is 137 cm³/mol. The second kappa shape index (κ2) is 10.6. The van der Waals surface area contributed by atoms with E-state index < -0.39 is 18.3 Å². The Bertz CT molecular complexity index is 1290. The van der Waals surface area contributed by atoms with Crippen LogP contribution in [0.5, 0.6) is 11.5 Å². The van der Waals surface area contributed by atoms with Crippen LogP contribution in [0.25, 0.3) is 11.3 Å². The van der Waals surface area contributed by atoms with Gasteiger partial charge in [0, 0.05) is 36.2 Å². The molecule has 0 spiro atoms. The van der Waals surface area contributed by atoms with Crippen molar-refractivity contribution < 1.29 is 27.4 Å². The Kier molecular flexibility index (Phi) is 7.20. The fourth-order valence-corrected chi connectivity index (χ4v) is 5.04. The number of aromatic nitrogens is 2. The summed E-state index contributed by atoms with van der Waals surface area (Å²) in [7, 11) is 2.99. The van der Waals surface area contributed by atoms with Crippen LogP contribution in [0.4, 0.5) is 19.0 Å². The first kappa shape index (κ1) is 25.9. The lowest BCUT2D eigenvalue weighted by molar-refractivity contribution is -0.173. The topological polar surface area (TPSA) is 89.4 Å². The molecule has 38 heavy (non-hydrogen) atoms. The minimum absolute atomic E-state index is 0.0831. The van der Waals surface area contributed by atoms with Crippen molar-refractivity contribution in [1.82, 2.24) is 20.4 Å². The van der Waals surface area contributed by atoms with Crippen molar-refractivity contribution in [2.24, 2.45) is 0 Å². The molecule has 3 aromatic rings. The van der Waals surface area contributed by atoms with Crippen molar-refractivity contribution in [3.05, 3.63) is 59.7 Å². The third-order valence-electron chi connectivity index (χ3n) is 7.07. The first-order chi connectivity index (χ1) is 18.3. The summed E-state index contributed by atoms with van der Waals surface area (Å²) >= 11 is 0. The van der Waals surface area contributed by atoms with Crippen molar-refractivity contribution in [2.45, 2.75) is 43.6 Å². The van der Waals surface area contributed by atoms with E-state index in [0.29, 0.717) is 33.9 Å². The number of ether oxygens (including phenoxy) is 2. The molecule has 3 atom stereocenters. The Balaban J connectivity index is 1.39. The van der Waals surface area contributed by atoms with Gasteiger partial charge in [-0.15, -0.1) is 0 Å². The second-order valence-electron chi connectivity index (χ2n) is 9.56. The zero-order chi connectivity index (χ0) is 26.9. The van der Waals surface area contributed by atoms with Crippen molar-refractivity contribution in [1.29, 1.82) is 0 Å². The molecule has 2 aliphatic heterocycles. The van der Waals surface area contributed by atoms with Crippen LogP contribution in [0.1, 0.15) is 47.3 Å². The van der Waals surface area contributed by atoms with E-state index in [1.54, 1.807) is 48.5 Å². The van der Waals surface area contributed by atoms with E-state index in [-0.39, 0.29) is 24.2 Å². The molecule has 1 aromatic heterocycles. The Morgan fingerprint density at radius 1 is 1.08 bits per heavy atom. The van der Waals surface area contributed by atoms with Gasteiger partial charge in [-0.25, -0.2) is 4.68 Å². The Hall–Kier alpha value is -3.73. The first-order valence-electron chi connectivity index (χ1n) is 12.5. The summed E-state index contributed by atoms with van der Waals surface area (Å²) in [6.45, 7) is 1.69. The third kappa shape index (κ3) is 5.28. The standard InChI is InChI=1S/C27H30F3N5O3/c1-37-22-10-9-18(12-23(22)38-2)20-13-24(27(28,29)30)35-25(33-20)14-21(34-35)16-5-7-17(8-6-16)26(36)32-19-4-3-11-31-15-19/h5-10,12,14,19-20,24,31,33H,3-4,11,13,15H2,1-2H3,(H,32,36)/t19-,20?,24?/m1/s1. The summed E-state index contributed by atoms with van der Waals surface area (Å²) in [5, 5.41) is 13.8. The average molecular weight is 530 g/mol. The first-order valence-corrected chi connectivity index (χ1v) is 12.5. The van der Waals surface area contributed by atoms with E-state index in [2.05, 4.69) is 21.0 Å². The van der Waals surface area contributed by atoms with Crippen LogP contribution < -0.4 is 25.4 Å². The quantitative estimate of drug-likeness (QED) is 0.429. The van der Waals surface area contributed by atoms with Crippen LogP contribution in [0, 0.1) is 0 Å². The van der Waals surface area contributed by atoms with Gasteiger partial charge in [-0.1, -0.05) is 18.2 Å². The largest absolute Gasteiger partial charge is 0.493 e. The van der Waals surface area contributed by atoms with Crippen LogP contribution in [0.15, 0.2) is 48.5 Å². The summed E-state index contributed by atoms with van der Waals surface area (Å²) in [4.78, 5) is 12.6. The molecule has 8 nitrogen and oxygen atoms in total. The molecule has 0 bridgehead atoms. The molecule has 2 aliphatic rings. The molecule has 0 saturated carbocycles. The molecule has 0 radical (unpaired) electrons. The number of piperidine rings is 1. The van der Waals surface area contributed by atoms with Gasteiger partial charge in [0.1, 0.15) is 5.82 Å². The Morgan fingerprint density at radius 2 is 1.84 bits per heavy atom. The summed E-state index contributed by atoms with van der Waals surface area (Å²) < 4.78 is 54.0. The van der Waals surface area contributed by atoms with E-state index >= 15 is 0 Å². The van der Waals surface area contributed by atoms with E-state index in [4.69, 9.17) is 9.47 Å². The summed E-state index contributed by atoms with van der Waals surface area (Å²) in [5.74, 6) is 1.03. The number of rotatable bonds is 6. The molecule has 2 unspecified atom stereocenters. The third-order valence-corrected chi connectivity index (χ3v) is 7.07. The van der Waals surface area contributed by atoms with Crippen molar-refractivity contribution in [2.75, 3.05) is 32.6 Å². The number of fused-ring (bicyclic) bond motifs is 1. The minimum Gasteiger partial charge on any atom is -0.493 e. The zero-order valence-corrected chi connectivity index (χ0v) is 21.1. The van der Waals surface area contributed by atoms with Crippen LogP contribution in [-0.2, 0) is 0 Å². The van der Waals surface area contributed by atoms with Crippen molar-refractivity contribution in [3.63, 3.8) is 0 Å². The molecule has 11 heteroatoms. The highest BCUT2D eigenvalue weighted by Gasteiger charge is 2.46. The maximum absolute atomic E-state index is 14.1. The number of anilines is 1. The Morgan fingerprint density at radius 3 is 2.50 bits per heavy atom. The van der Waals surface area contributed by atoms with Crippen LogP contribution in [0.2, 0.25) is 0 Å². The fourth-order valence-electron chi connectivity index (χ4n) is 5.04. The summed E-state index contributed by atoms with van der Waals surface area (Å²) in [5.41, 5.74) is 2.14. The van der Waals surface area contributed by atoms with E-state index in [9.17, 15) is 18.0 Å². The highest BCUT2D eigenvalue weighted by Crippen LogP contribution is 2.45. The van der Waals surface area contributed by atoms with Gasteiger partial charge in [-0.05, 0) is 49.2 Å². The molecule has 3 heterocycles. The highest BCUT2D eigenvalue weighted by atomic mass is 19.4. The number of carbonyl (C=O) groups excluding carboxylic acids is 1. The van der Waals surface area contributed by atoms with Crippen LogP contribution >= 0.6 is 0 Å². The van der Waals surface area contributed by atoms with Gasteiger partial charge in [-0.2, -0.15) is 18.3 Å². The van der Waals surface area contributed by atoms with E-state index in [1.165, 1.54) is 14.2 Å². The van der Waals surface area contributed by atoms with Crippen LogP contribution in [-0.4, -0.2) is 55.2 Å². The molecule has 202 valence electrons. The molecular weight excluding hydrogens is 499 g/mol. The number of nitrogens with one attached hydrogen (secondary N) is 3. The smallest absolute Gasteiger partial charge is 0.410 e. The number of amides is 1. The molecule has 1 saturated heterocycles. The van der Waals surface area contributed by atoms with Gasteiger partial charge in [0.2, 0.25) is 0 Å². The number of benzene rings is 2. The van der Waals surface area contributed by atoms with Gasteiger partial charge < -0.3 is 25.4 Å². The van der Waals surface area contributed by atoms with Crippen molar-refractivity contribution >= 4 is 11.7 Å². The lowest BCUT2D eigenvalue weighted by Gasteiger charge is -2.33. The van der Waals surface area contributed by atoms with Gasteiger partial charge in [-0.3, -0.25) is 4.79 Å². The average Bonchev–Trinajstić information content (AvgIpc) is 3.36. The maximum atomic E-state index is 14.1. The highest BCUT2D eigenvalue weighted by molar-refractivity contribution is 5.94.